The van der Waals surface area contributed by atoms with Crippen molar-refractivity contribution >= 4 is 34.6 Å². The number of rotatable bonds is 9. The van der Waals surface area contributed by atoms with Crippen LogP contribution in [0, 0.1) is 0 Å². The maximum absolute atomic E-state index is 13.4. The Morgan fingerprint density at radius 2 is 1.87 bits per heavy atom. The first-order valence-corrected chi connectivity index (χ1v) is 12.5. The number of ether oxygens (including phenoxy) is 2. The number of hydrogen-bond acceptors (Lipinski definition) is 6. The van der Waals surface area contributed by atoms with Gasteiger partial charge in [0.25, 0.3) is 11.5 Å². The molecule has 3 heterocycles. The average molecular weight is 515 g/mol. The number of fused-ring (bicyclic) bond motifs is 2. The van der Waals surface area contributed by atoms with E-state index in [2.05, 4.69) is 4.99 Å². The lowest BCUT2D eigenvalue weighted by Gasteiger charge is -2.15. The van der Waals surface area contributed by atoms with Gasteiger partial charge in [-0.05, 0) is 57.0 Å². The molecule has 0 atom stereocenters. The Bertz CT molecular complexity index is 1620. The topological polar surface area (TPSA) is 104 Å². The van der Waals surface area contributed by atoms with E-state index < -0.39 is 11.9 Å². The van der Waals surface area contributed by atoms with Crippen LogP contribution in [0.15, 0.2) is 76.7 Å². The Labute approximate surface area is 219 Å². The number of carbonyl (C=O) groups excluding carboxylic acids is 2. The second kappa shape index (κ2) is 12.2. The van der Waals surface area contributed by atoms with Crippen molar-refractivity contribution in [2.75, 3.05) is 13.2 Å². The van der Waals surface area contributed by atoms with Gasteiger partial charge in [-0.25, -0.2) is 9.78 Å². The molecule has 0 fully saturated rings. The summed E-state index contributed by atoms with van der Waals surface area (Å²) in [5, 5.41) is 0.216. The lowest BCUT2D eigenvalue weighted by Crippen LogP contribution is -2.33. The van der Waals surface area contributed by atoms with Gasteiger partial charge in [-0.3, -0.25) is 14.0 Å². The first kappa shape index (κ1) is 26.7. The fourth-order valence-electron chi connectivity index (χ4n) is 3.98. The highest BCUT2D eigenvalue weighted by molar-refractivity contribution is 5.95. The second-order valence-electron chi connectivity index (χ2n) is 8.80. The zero-order valence-electron chi connectivity index (χ0n) is 21.7. The van der Waals surface area contributed by atoms with Gasteiger partial charge in [-0.1, -0.05) is 36.4 Å². The average Bonchev–Trinajstić information content (AvgIpc) is 2.91. The third-order valence-corrected chi connectivity index (χ3v) is 5.70. The van der Waals surface area contributed by atoms with E-state index in [1.54, 1.807) is 42.0 Å². The van der Waals surface area contributed by atoms with Crippen LogP contribution in [-0.2, 0) is 20.8 Å². The highest BCUT2D eigenvalue weighted by atomic mass is 16.5. The number of amides is 1. The molecule has 3 aromatic heterocycles. The molecule has 9 nitrogen and oxygen atoms in total. The Morgan fingerprint density at radius 3 is 2.61 bits per heavy atom. The first-order valence-electron chi connectivity index (χ1n) is 12.5. The highest BCUT2D eigenvalue weighted by Crippen LogP contribution is 2.12. The number of nitrogens with zero attached hydrogens (tertiary/aromatic N) is 4. The lowest BCUT2D eigenvalue weighted by atomic mass is 10.2. The minimum atomic E-state index is -0.683. The van der Waals surface area contributed by atoms with Crippen LogP contribution < -0.4 is 11.0 Å². The number of aryl methyl sites for hydroxylation is 1. The number of aromatic nitrogens is 3. The molecule has 0 unspecified atom stereocenters. The predicted octanol–water partition coefficient (Wildman–Crippen LogP) is 3.78. The van der Waals surface area contributed by atoms with Gasteiger partial charge in [-0.15, -0.1) is 0 Å². The maximum Gasteiger partial charge on any atom is 0.341 e. The molecule has 0 spiro atoms. The van der Waals surface area contributed by atoms with Crippen LogP contribution in [-0.4, -0.2) is 45.1 Å². The van der Waals surface area contributed by atoms with Gasteiger partial charge in [0, 0.05) is 25.4 Å². The summed E-state index contributed by atoms with van der Waals surface area (Å²) in [4.78, 5) is 48.4. The molecular weight excluding hydrogens is 484 g/mol. The molecule has 0 radical (unpaired) electrons. The van der Waals surface area contributed by atoms with Crippen molar-refractivity contribution in [2.45, 2.75) is 39.8 Å². The molecule has 0 aliphatic rings. The summed E-state index contributed by atoms with van der Waals surface area (Å²) in [5.41, 5.74) is 1.33. The van der Waals surface area contributed by atoms with Crippen LogP contribution in [0.4, 0.5) is 0 Å². The molecule has 0 aliphatic heterocycles. The molecule has 0 bridgehead atoms. The Hall–Kier alpha value is -4.37. The molecule has 9 heteroatoms. The molecule has 38 heavy (non-hydrogen) atoms. The van der Waals surface area contributed by atoms with Crippen molar-refractivity contribution in [3.8, 4) is 0 Å². The lowest BCUT2D eigenvalue weighted by molar-refractivity contribution is -0.113. The monoisotopic (exact) mass is 514 g/mol. The molecule has 0 saturated heterocycles. The van der Waals surface area contributed by atoms with E-state index in [9.17, 15) is 14.4 Å². The number of esters is 1. The fraction of sp³-hybridized carbons (Fsp3) is 0.276. The van der Waals surface area contributed by atoms with Crippen molar-refractivity contribution < 1.29 is 19.1 Å². The van der Waals surface area contributed by atoms with Crippen molar-refractivity contribution in [3.63, 3.8) is 0 Å². The minimum Gasteiger partial charge on any atom is -0.462 e. The standard InChI is InChI=1S/C29H30N4O5/c1-4-37-29(36)23-19-22-26(30-24-13-8-9-16-32(24)28(22)35)33(17-10-18-38-20(2)3)27(23)31-25(34)15-14-21-11-6-5-7-12-21/h5-9,11-16,19-20H,4,10,17-18H2,1-3H3. The number of pyridine rings is 2. The molecular formula is C29H30N4O5. The maximum atomic E-state index is 13.4. The third-order valence-electron chi connectivity index (χ3n) is 5.70. The van der Waals surface area contributed by atoms with E-state index in [1.807, 2.05) is 44.2 Å². The molecule has 4 aromatic rings. The van der Waals surface area contributed by atoms with E-state index in [1.165, 1.54) is 16.5 Å². The van der Waals surface area contributed by atoms with Crippen molar-refractivity contribution in [3.05, 3.63) is 93.8 Å². The van der Waals surface area contributed by atoms with Gasteiger partial charge in [0.05, 0.1) is 18.1 Å². The van der Waals surface area contributed by atoms with E-state index >= 15 is 0 Å². The van der Waals surface area contributed by atoms with Crippen LogP contribution in [0.3, 0.4) is 0 Å². The highest BCUT2D eigenvalue weighted by Gasteiger charge is 2.19. The Morgan fingerprint density at radius 1 is 1.11 bits per heavy atom. The number of hydrogen-bond donors (Lipinski definition) is 0. The van der Waals surface area contributed by atoms with Gasteiger partial charge < -0.3 is 14.0 Å². The van der Waals surface area contributed by atoms with Gasteiger partial charge >= 0.3 is 5.97 Å². The van der Waals surface area contributed by atoms with Gasteiger partial charge in [0.2, 0.25) is 0 Å². The summed E-state index contributed by atoms with van der Waals surface area (Å²) in [6.45, 7) is 6.43. The van der Waals surface area contributed by atoms with Crippen LogP contribution in [0.25, 0.3) is 22.8 Å². The van der Waals surface area contributed by atoms with Crippen molar-refractivity contribution in [1.29, 1.82) is 0 Å². The van der Waals surface area contributed by atoms with Crippen LogP contribution in [0.2, 0.25) is 0 Å². The van der Waals surface area contributed by atoms with E-state index in [0.717, 1.165) is 5.56 Å². The first-order chi connectivity index (χ1) is 18.4. The Balaban J connectivity index is 1.95. The molecule has 4 rings (SSSR count). The molecule has 196 valence electrons. The SMILES string of the molecule is CCOC(=O)c1cc2c(=O)n3ccccc3nc2n(CCCOC(C)C)c1=NC(=O)C=Cc1ccccc1. The molecule has 0 N–H and O–H groups in total. The number of carbonyl (C=O) groups is 2. The zero-order valence-corrected chi connectivity index (χ0v) is 21.7. The third kappa shape index (κ3) is 6.12. The summed E-state index contributed by atoms with van der Waals surface area (Å²) < 4.78 is 14.0. The van der Waals surface area contributed by atoms with Gasteiger partial charge in [0.15, 0.2) is 5.49 Å². The normalized spacial score (nSPS) is 12.2. The fourth-order valence-corrected chi connectivity index (χ4v) is 3.98. The minimum absolute atomic E-state index is 0.0142. The number of benzene rings is 1. The van der Waals surface area contributed by atoms with Crippen molar-refractivity contribution in [1.82, 2.24) is 14.0 Å². The van der Waals surface area contributed by atoms with Gasteiger partial charge in [-0.2, -0.15) is 4.99 Å². The summed E-state index contributed by atoms with van der Waals surface area (Å²) >= 11 is 0. The summed E-state index contributed by atoms with van der Waals surface area (Å²) in [6, 6.07) is 16.0. The van der Waals surface area contributed by atoms with E-state index in [4.69, 9.17) is 14.5 Å². The quantitative estimate of drug-likeness (QED) is 0.146. The van der Waals surface area contributed by atoms with Crippen molar-refractivity contribution in [2.24, 2.45) is 4.99 Å². The van der Waals surface area contributed by atoms with Crippen LogP contribution >= 0.6 is 0 Å². The van der Waals surface area contributed by atoms with E-state index in [0.29, 0.717) is 30.9 Å². The van der Waals surface area contributed by atoms with Crippen LogP contribution in [0.5, 0.6) is 0 Å². The predicted molar refractivity (Wildman–Crippen MR) is 145 cm³/mol. The van der Waals surface area contributed by atoms with Crippen LogP contribution in [0.1, 0.15) is 43.1 Å². The summed E-state index contributed by atoms with van der Waals surface area (Å²) in [7, 11) is 0. The molecule has 1 amide bonds. The van der Waals surface area contributed by atoms with E-state index in [-0.39, 0.29) is 34.7 Å². The zero-order chi connectivity index (χ0) is 27.1. The molecule has 0 saturated carbocycles. The summed E-state index contributed by atoms with van der Waals surface area (Å²) in [6.07, 6.45) is 5.18. The van der Waals surface area contributed by atoms with Gasteiger partial charge in [0.1, 0.15) is 16.9 Å². The Kier molecular flexibility index (Phi) is 8.60. The summed E-state index contributed by atoms with van der Waals surface area (Å²) in [5.74, 6) is -1.25. The smallest absolute Gasteiger partial charge is 0.341 e. The second-order valence-corrected chi connectivity index (χ2v) is 8.80. The molecule has 0 aliphatic carbocycles. The molecule has 1 aromatic carbocycles. The largest absolute Gasteiger partial charge is 0.462 e.